The van der Waals surface area contributed by atoms with E-state index in [-0.39, 0.29) is 16.9 Å². The van der Waals surface area contributed by atoms with Crippen LogP contribution in [-0.4, -0.2) is 32.9 Å². The third kappa shape index (κ3) is 9.03. The highest BCUT2D eigenvalue weighted by Crippen LogP contribution is 2.37. The summed E-state index contributed by atoms with van der Waals surface area (Å²) in [7, 11) is -2.42. The Labute approximate surface area is 233 Å². The molecule has 38 heavy (non-hydrogen) atoms. The number of benzene rings is 2. The van der Waals surface area contributed by atoms with Crippen LogP contribution < -0.4 is 10.4 Å². The summed E-state index contributed by atoms with van der Waals surface area (Å²) in [6, 6.07) is 21.8. The standard InChI is InChI=1S/C34H50O3Si/c1-5-6-13-25-32-33(37-32)27-26-29(35)20-14-9-7-8-10-19-28-36-38(34(2,3)4,30-21-15-11-16-22-30)31-23-17-12-18-24-31/h11-12,15-18,21-24,26-27,32-33H,5-10,13-14,19-20,25,28H2,1-4H3/b27-26+/t32-,33+/m0/s1. The van der Waals surface area contributed by atoms with Crippen LogP contribution >= 0.6 is 0 Å². The van der Waals surface area contributed by atoms with Crippen molar-refractivity contribution >= 4 is 24.5 Å². The van der Waals surface area contributed by atoms with Gasteiger partial charge < -0.3 is 9.16 Å². The third-order valence-electron chi connectivity index (χ3n) is 7.74. The van der Waals surface area contributed by atoms with Crippen LogP contribution in [0, 0.1) is 0 Å². The Morgan fingerprint density at radius 1 is 0.842 bits per heavy atom. The second-order valence-electron chi connectivity index (χ2n) is 11.8. The molecule has 2 atom stereocenters. The van der Waals surface area contributed by atoms with Gasteiger partial charge in [-0.05, 0) is 46.8 Å². The van der Waals surface area contributed by atoms with Gasteiger partial charge in [-0.2, -0.15) is 0 Å². The lowest BCUT2D eigenvalue weighted by Gasteiger charge is -2.43. The average molecular weight is 535 g/mol. The number of ether oxygens (including phenoxy) is 1. The van der Waals surface area contributed by atoms with Crippen molar-refractivity contribution in [3.63, 3.8) is 0 Å². The lowest BCUT2D eigenvalue weighted by molar-refractivity contribution is -0.114. The van der Waals surface area contributed by atoms with Gasteiger partial charge >= 0.3 is 0 Å². The number of ketones is 1. The van der Waals surface area contributed by atoms with Crippen LogP contribution in [0.25, 0.3) is 0 Å². The highest BCUT2D eigenvalue weighted by atomic mass is 28.4. The zero-order valence-corrected chi connectivity index (χ0v) is 25.3. The van der Waals surface area contributed by atoms with Gasteiger partial charge in [-0.25, -0.2) is 0 Å². The molecule has 1 fully saturated rings. The van der Waals surface area contributed by atoms with Crippen LogP contribution in [0.15, 0.2) is 72.8 Å². The molecule has 1 aliphatic rings. The summed E-state index contributed by atoms with van der Waals surface area (Å²) in [6.07, 6.45) is 16.5. The predicted octanol–water partition coefficient (Wildman–Crippen LogP) is 7.77. The fourth-order valence-corrected chi connectivity index (χ4v) is 10.1. The van der Waals surface area contributed by atoms with E-state index in [1.165, 1.54) is 48.9 Å². The minimum Gasteiger partial charge on any atom is -0.407 e. The van der Waals surface area contributed by atoms with Gasteiger partial charge in [0.1, 0.15) is 6.10 Å². The van der Waals surface area contributed by atoms with E-state index in [2.05, 4.69) is 88.4 Å². The van der Waals surface area contributed by atoms with E-state index in [0.717, 1.165) is 32.3 Å². The van der Waals surface area contributed by atoms with E-state index in [0.29, 0.717) is 12.5 Å². The van der Waals surface area contributed by atoms with Gasteiger partial charge in [0.05, 0.1) is 6.10 Å². The number of unbranched alkanes of at least 4 members (excludes halogenated alkanes) is 7. The quantitative estimate of drug-likeness (QED) is 0.0849. The van der Waals surface area contributed by atoms with E-state index in [4.69, 9.17) is 9.16 Å². The molecule has 1 heterocycles. The van der Waals surface area contributed by atoms with Gasteiger partial charge in [0.25, 0.3) is 8.32 Å². The molecule has 4 heteroatoms. The molecule has 0 unspecified atom stereocenters. The Balaban J connectivity index is 1.35. The van der Waals surface area contributed by atoms with E-state index in [1.807, 2.05) is 6.08 Å². The van der Waals surface area contributed by atoms with E-state index < -0.39 is 8.32 Å². The second-order valence-corrected chi connectivity index (χ2v) is 16.1. The van der Waals surface area contributed by atoms with Crippen LogP contribution in [0.3, 0.4) is 0 Å². The first-order chi connectivity index (χ1) is 18.4. The maximum atomic E-state index is 12.2. The van der Waals surface area contributed by atoms with Crippen molar-refractivity contribution in [1.29, 1.82) is 0 Å². The van der Waals surface area contributed by atoms with Crippen molar-refractivity contribution in [2.24, 2.45) is 0 Å². The Morgan fingerprint density at radius 2 is 1.42 bits per heavy atom. The molecule has 208 valence electrons. The molecule has 1 aliphatic heterocycles. The number of allylic oxidation sites excluding steroid dienone is 1. The molecule has 0 amide bonds. The van der Waals surface area contributed by atoms with Crippen molar-refractivity contribution in [2.75, 3.05) is 6.61 Å². The lowest BCUT2D eigenvalue weighted by Crippen LogP contribution is -2.66. The summed E-state index contributed by atoms with van der Waals surface area (Å²) in [6.45, 7) is 10.0. The van der Waals surface area contributed by atoms with E-state index >= 15 is 0 Å². The van der Waals surface area contributed by atoms with Gasteiger partial charge in [0.15, 0.2) is 5.78 Å². The molecule has 0 N–H and O–H groups in total. The lowest BCUT2D eigenvalue weighted by atomic mass is 10.1. The van der Waals surface area contributed by atoms with Gasteiger partial charge in [0, 0.05) is 13.0 Å². The minimum absolute atomic E-state index is 0.0261. The fourth-order valence-electron chi connectivity index (χ4n) is 5.53. The minimum atomic E-state index is -2.42. The summed E-state index contributed by atoms with van der Waals surface area (Å²) < 4.78 is 12.6. The van der Waals surface area contributed by atoms with Crippen LogP contribution in [-0.2, 0) is 14.0 Å². The van der Waals surface area contributed by atoms with E-state index in [1.54, 1.807) is 6.08 Å². The topological polar surface area (TPSA) is 38.8 Å². The van der Waals surface area contributed by atoms with Crippen LogP contribution in [0.2, 0.25) is 5.04 Å². The van der Waals surface area contributed by atoms with E-state index in [9.17, 15) is 4.79 Å². The van der Waals surface area contributed by atoms with Crippen LogP contribution in [0.1, 0.15) is 98.3 Å². The number of carbonyl (C=O) groups excluding carboxylic acids is 1. The molecule has 2 aromatic carbocycles. The fraction of sp³-hybridized carbons (Fsp3) is 0.559. The number of epoxide rings is 1. The predicted molar refractivity (Wildman–Crippen MR) is 163 cm³/mol. The number of rotatable bonds is 18. The number of carbonyl (C=O) groups is 1. The molecule has 0 saturated carbocycles. The molecular formula is C34H50O3Si. The summed E-state index contributed by atoms with van der Waals surface area (Å²) in [5, 5.41) is 2.72. The Morgan fingerprint density at radius 3 is 2.00 bits per heavy atom. The smallest absolute Gasteiger partial charge is 0.261 e. The highest BCUT2D eigenvalue weighted by Gasteiger charge is 2.49. The molecule has 3 rings (SSSR count). The Kier molecular flexibility index (Phi) is 12.5. The van der Waals surface area contributed by atoms with Gasteiger partial charge in [-0.1, -0.05) is 133 Å². The SMILES string of the molecule is CCCCC[C@@H]1O[C@@H]1/C=C/C(=O)CCCCCCCCO[Si](c1ccccc1)(c1ccccc1)C(C)(C)C. The van der Waals surface area contributed by atoms with Crippen molar-refractivity contribution < 1.29 is 14.0 Å². The summed E-state index contributed by atoms with van der Waals surface area (Å²) >= 11 is 0. The van der Waals surface area contributed by atoms with Gasteiger partial charge in [-0.15, -0.1) is 0 Å². The largest absolute Gasteiger partial charge is 0.407 e. The molecule has 0 aliphatic carbocycles. The summed E-state index contributed by atoms with van der Waals surface area (Å²) in [4.78, 5) is 12.2. The summed E-state index contributed by atoms with van der Waals surface area (Å²) in [5.74, 6) is 0.242. The molecular weight excluding hydrogens is 484 g/mol. The average Bonchev–Trinajstić information content (AvgIpc) is 3.67. The van der Waals surface area contributed by atoms with Gasteiger partial charge in [-0.3, -0.25) is 4.79 Å². The molecule has 3 nitrogen and oxygen atoms in total. The first-order valence-electron chi connectivity index (χ1n) is 15.0. The maximum absolute atomic E-state index is 12.2. The Bertz CT molecular complexity index is 925. The van der Waals surface area contributed by atoms with Gasteiger partial charge in [0.2, 0.25) is 0 Å². The monoisotopic (exact) mass is 534 g/mol. The number of hydrogen-bond acceptors (Lipinski definition) is 3. The first-order valence-corrected chi connectivity index (χ1v) is 16.9. The van der Waals surface area contributed by atoms with Crippen LogP contribution in [0.5, 0.6) is 0 Å². The maximum Gasteiger partial charge on any atom is 0.261 e. The highest BCUT2D eigenvalue weighted by molar-refractivity contribution is 6.99. The first kappa shape index (κ1) is 30.5. The normalized spacial score (nSPS) is 17.7. The second kappa shape index (κ2) is 15.5. The Hall–Kier alpha value is -2.01. The number of hydrogen-bond donors (Lipinski definition) is 0. The molecule has 1 saturated heterocycles. The van der Waals surface area contributed by atoms with Crippen LogP contribution in [0.4, 0.5) is 0 Å². The van der Waals surface area contributed by atoms with Crippen molar-refractivity contribution in [2.45, 2.75) is 116 Å². The van der Waals surface area contributed by atoms with Crippen molar-refractivity contribution in [3.8, 4) is 0 Å². The molecule has 0 spiro atoms. The zero-order chi connectivity index (χ0) is 27.3. The third-order valence-corrected chi connectivity index (χ3v) is 12.8. The molecule has 0 bridgehead atoms. The van der Waals surface area contributed by atoms with Crippen molar-refractivity contribution in [1.82, 2.24) is 0 Å². The molecule has 0 radical (unpaired) electrons. The summed E-state index contributed by atoms with van der Waals surface area (Å²) in [5.41, 5.74) is 0. The molecule has 2 aromatic rings. The zero-order valence-electron chi connectivity index (χ0n) is 24.3. The van der Waals surface area contributed by atoms with Crippen molar-refractivity contribution in [3.05, 3.63) is 72.8 Å². The molecule has 0 aromatic heterocycles.